The Morgan fingerprint density at radius 3 is 1.03 bits per heavy atom. The molecule has 1 N–H and O–H groups in total. The molecule has 0 bridgehead atoms. The number of hydrogen-bond acceptors (Lipinski definition) is 3. The Labute approximate surface area is 204 Å². The fourth-order valence-electron chi connectivity index (χ4n) is 3.56. The fraction of sp³-hybridized carbons (Fsp3) is 0.0968. The topological polar surface area (TPSA) is 63.6 Å². The van der Waals surface area contributed by atoms with Gasteiger partial charge in [0.05, 0.1) is 7.11 Å². The van der Waals surface area contributed by atoms with Crippen LogP contribution >= 0.6 is 0 Å². The van der Waals surface area contributed by atoms with Gasteiger partial charge < -0.3 is 9.84 Å². The third-order valence-electron chi connectivity index (χ3n) is 5.42. The zero-order valence-electron chi connectivity index (χ0n) is 20.2. The number of esters is 1. The number of carbonyl (C=O) groups excluding carboxylic acids is 1. The smallest absolute Gasteiger partial charge is 0.332 e. The maximum absolute atomic E-state index is 10.2. The predicted octanol–water partition coefficient (Wildman–Crippen LogP) is 7.68. The quantitative estimate of drug-likeness (QED) is 0.165. The molecule has 4 heteroatoms. The standard InChI is InChI=1S/C22H14.C5H8O2.C4H6O2/c1-2-6-16-10-20-14-22-12-18-8-4-3-7-17(18)11-21(22)13-19(20)9-15(16)5-1;1-4(2)5(6)7-3;1-3(2)4(5)6/h1-14H;1H2,2-3H3;1H2,2H3,(H,5,6). The highest BCUT2D eigenvalue weighted by Crippen LogP contribution is 2.30. The Bertz CT molecular complexity index is 1380. The van der Waals surface area contributed by atoms with Gasteiger partial charge in [-0.2, -0.15) is 0 Å². The molecule has 5 aromatic carbocycles. The van der Waals surface area contributed by atoms with Crippen molar-refractivity contribution in [3.8, 4) is 0 Å². The van der Waals surface area contributed by atoms with E-state index in [-0.39, 0.29) is 11.5 Å². The van der Waals surface area contributed by atoms with Crippen LogP contribution in [0.2, 0.25) is 0 Å². The molecule has 0 aliphatic rings. The summed E-state index contributed by atoms with van der Waals surface area (Å²) in [7, 11) is 1.33. The Morgan fingerprint density at radius 2 is 0.857 bits per heavy atom. The number of benzene rings is 5. The highest BCUT2D eigenvalue weighted by molar-refractivity contribution is 6.08. The van der Waals surface area contributed by atoms with Crippen molar-refractivity contribution in [3.63, 3.8) is 0 Å². The molecule has 176 valence electrons. The summed E-state index contributed by atoms with van der Waals surface area (Å²) in [6.45, 7) is 9.56. The van der Waals surface area contributed by atoms with Crippen molar-refractivity contribution in [2.45, 2.75) is 13.8 Å². The SMILES string of the molecule is C=C(C)C(=O)O.C=C(C)C(=O)OC.c1ccc2cc3cc4cc5ccccc5cc4cc3cc2c1. The molecule has 35 heavy (non-hydrogen) atoms. The Morgan fingerprint density at radius 1 is 0.600 bits per heavy atom. The summed E-state index contributed by atoms with van der Waals surface area (Å²) in [6, 6.07) is 30.9. The number of methoxy groups -OCH3 is 1. The van der Waals surface area contributed by atoms with Crippen LogP contribution in [-0.4, -0.2) is 24.2 Å². The van der Waals surface area contributed by atoms with E-state index < -0.39 is 5.97 Å². The summed E-state index contributed by atoms with van der Waals surface area (Å²) >= 11 is 0. The van der Waals surface area contributed by atoms with E-state index in [9.17, 15) is 9.59 Å². The molecule has 0 saturated heterocycles. The molecule has 0 heterocycles. The first-order valence-corrected chi connectivity index (χ1v) is 11.1. The van der Waals surface area contributed by atoms with E-state index in [4.69, 9.17) is 5.11 Å². The lowest BCUT2D eigenvalue weighted by atomic mass is 9.97. The van der Waals surface area contributed by atoms with Gasteiger partial charge in [0.1, 0.15) is 0 Å². The van der Waals surface area contributed by atoms with Gasteiger partial charge in [-0.1, -0.05) is 61.7 Å². The number of carboxylic acids is 1. The first kappa shape index (κ1) is 25.2. The maximum Gasteiger partial charge on any atom is 0.332 e. The number of hydrogen-bond donors (Lipinski definition) is 1. The summed E-state index contributed by atoms with van der Waals surface area (Å²) < 4.78 is 4.27. The highest BCUT2D eigenvalue weighted by atomic mass is 16.5. The largest absolute Gasteiger partial charge is 0.478 e. The van der Waals surface area contributed by atoms with E-state index >= 15 is 0 Å². The van der Waals surface area contributed by atoms with Gasteiger partial charge in [-0.3, -0.25) is 0 Å². The molecule has 0 fully saturated rings. The van der Waals surface area contributed by atoms with Crippen LogP contribution in [0, 0.1) is 0 Å². The third-order valence-corrected chi connectivity index (χ3v) is 5.42. The lowest BCUT2D eigenvalue weighted by Gasteiger charge is -2.07. The normalized spacial score (nSPS) is 10.1. The van der Waals surface area contributed by atoms with Crippen LogP contribution in [0.1, 0.15) is 13.8 Å². The number of fused-ring (bicyclic) bond motifs is 4. The molecule has 0 atom stereocenters. The summed E-state index contributed by atoms with van der Waals surface area (Å²) in [5, 5.41) is 18.3. The lowest BCUT2D eigenvalue weighted by Crippen LogP contribution is -1.98. The first-order chi connectivity index (χ1) is 16.7. The maximum atomic E-state index is 10.2. The Balaban J connectivity index is 0.000000221. The monoisotopic (exact) mass is 464 g/mol. The van der Waals surface area contributed by atoms with Gasteiger partial charge in [0.25, 0.3) is 0 Å². The van der Waals surface area contributed by atoms with Gasteiger partial charge in [-0.05, 0) is 93.3 Å². The molecular weight excluding hydrogens is 436 g/mol. The molecule has 0 unspecified atom stereocenters. The van der Waals surface area contributed by atoms with E-state index in [1.165, 1.54) is 57.1 Å². The average Bonchev–Trinajstić information content (AvgIpc) is 2.85. The van der Waals surface area contributed by atoms with Crippen LogP contribution in [0.5, 0.6) is 0 Å². The zero-order valence-corrected chi connectivity index (χ0v) is 20.2. The molecule has 5 aromatic rings. The minimum Gasteiger partial charge on any atom is -0.478 e. The molecule has 0 aliphatic heterocycles. The van der Waals surface area contributed by atoms with Crippen LogP contribution in [0.4, 0.5) is 0 Å². The number of carbonyl (C=O) groups is 2. The molecule has 5 rings (SSSR count). The van der Waals surface area contributed by atoms with E-state index in [2.05, 4.69) is 103 Å². The van der Waals surface area contributed by atoms with Gasteiger partial charge in [0.15, 0.2) is 0 Å². The lowest BCUT2D eigenvalue weighted by molar-refractivity contribution is -0.136. The average molecular weight is 465 g/mol. The molecule has 0 aromatic heterocycles. The van der Waals surface area contributed by atoms with Gasteiger partial charge in [0, 0.05) is 11.1 Å². The van der Waals surface area contributed by atoms with Crippen molar-refractivity contribution in [3.05, 3.63) is 109 Å². The molecule has 4 nitrogen and oxygen atoms in total. The minimum atomic E-state index is -0.935. The zero-order chi connectivity index (χ0) is 25.5. The van der Waals surface area contributed by atoms with Gasteiger partial charge >= 0.3 is 11.9 Å². The summed E-state index contributed by atoms with van der Waals surface area (Å²) in [5.74, 6) is -1.28. The van der Waals surface area contributed by atoms with Crippen molar-refractivity contribution in [1.29, 1.82) is 0 Å². The van der Waals surface area contributed by atoms with Crippen LogP contribution in [-0.2, 0) is 14.3 Å². The Hall–Kier alpha value is -4.44. The fourth-order valence-corrected chi connectivity index (χ4v) is 3.56. The second-order valence-corrected chi connectivity index (χ2v) is 8.30. The Kier molecular flexibility index (Phi) is 8.00. The van der Waals surface area contributed by atoms with Crippen LogP contribution in [0.25, 0.3) is 43.1 Å². The second-order valence-electron chi connectivity index (χ2n) is 8.30. The van der Waals surface area contributed by atoms with Crippen LogP contribution < -0.4 is 0 Å². The minimum absolute atomic E-state index is 0.176. The van der Waals surface area contributed by atoms with Gasteiger partial charge in [-0.15, -0.1) is 0 Å². The number of rotatable bonds is 2. The molecular formula is C31H28O4. The third kappa shape index (κ3) is 6.33. The second kappa shape index (κ2) is 11.1. The van der Waals surface area contributed by atoms with Gasteiger partial charge in [-0.25, -0.2) is 9.59 Å². The van der Waals surface area contributed by atoms with Crippen molar-refractivity contribution in [2.75, 3.05) is 7.11 Å². The van der Waals surface area contributed by atoms with Crippen molar-refractivity contribution < 1.29 is 19.4 Å². The van der Waals surface area contributed by atoms with Crippen molar-refractivity contribution >= 4 is 55.0 Å². The van der Waals surface area contributed by atoms with E-state index in [0.29, 0.717) is 5.57 Å². The van der Waals surface area contributed by atoms with Gasteiger partial charge in [0.2, 0.25) is 0 Å². The first-order valence-electron chi connectivity index (χ1n) is 11.1. The molecule has 0 amide bonds. The molecule has 0 radical (unpaired) electrons. The summed E-state index contributed by atoms with van der Waals surface area (Å²) in [4.78, 5) is 19.8. The van der Waals surface area contributed by atoms with Crippen LogP contribution in [0.15, 0.2) is 109 Å². The van der Waals surface area contributed by atoms with Crippen molar-refractivity contribution in [2.24, 2.45) is 0 Å². The van der Waals surface area contributed by atoms with E-state index in [0.717, 1.165) is 0 Å². The number of ether oxygens (including phenoxy) is 1. The van der Waals surface area contributed by atoms with E-state index in [1.54, 1.807) is 6.92 Å². The molecule has 0 saturated carbocycles. The molecule has 0 spiro atoms. The number of carboxylic acid groups (broad SMARTS) is 1. The molecule has 0 aliphatic carbocycles. The van der Waals surface area contributed by atoms with Crippen molar-refractivity contribution in [1.82, 2.24) is 0 Å². The van der Waals surface area contributed by atoms with Crippen LogP contribution in [0.3, 0.4) is 0 Å². The summed E-state index contributed by atoms with van der Waals surface area (Å²) in [5.41, 5.74) is 0.609. The highest BCUT2D eigenvalue weighted by Gasteiger charge is 2.03. The number of aliphatic carboxylic acids is 1. The predicted molar refractivity (Wildman–Crippen MR) is 146 cm³/mol. The van der Waals surface area contributed by atoms with E-state index in [1.807, 2.05) is 0 Å². The summed E-state index contributed by atoms with van der Waals surface area (Å²) in [6.07, 6.45) is 0.